The van der Waals surface area contributed by atoms with E-state index in [0.717, 1.165) is 17.3 Å². The monoisotopic (exact) mass is 240 g/mol. The number of hydrogen-bond donors (Lipinski definition) is 1. The Hall–Kier alpha value is -0.870. The third-order valence-electron chi connectivity index (χ3n) is 2.39. The molecule has 1 aromatic carbocycles. The molecule has 0 aliphatic carbocycles. The fraction of sp³-hybridized carbons (Fsp3) is 0.500. The minimum absolute atomic E-state index is 0.0777. The molecular weight excluding hydrogens is 224 g/mol. The lowest BCUT2D eigenvalue weighted by molar-refractivity contribution is 0.107. The molecule has 0 spiro atoms. The average molecular weight is 240 g/mol. The van der Waals surface area contributed by atoms with Crippen LogP contribution in [0.15, 0.2) is 24.3 Å². The van der Waals surface area contributed by atoms with Crippen molar-refractivity contribution < 1.29 is 14.6 Å². The summed E-state index contributed by atoms with van der Waals surface area (Å²) >= 11 is 1.70. The highest BCUT2D eigenvalue weighted by atomic mass is 32.2. The molecule has 88 valence electrons. The molecule has 0 fully saturated rings. The van der Waals surface area contributed by atoms with E-state index in [4.69, 9.17) is 14.6 Å². The van der Waals surface area contributed by atoms with E-state index in [1.54, 1.807) is 11.8 Å². The van der Waals surface area contributed by atoms with Crippen LogP contribution >= 0.6 is 11.8 Å². The summed E-state index contributed by atoms with van der Waals surface area (Å²) in [5.41, 5.74) is 0. The number of fused-ring (bicyclic) bond motifs is 1. The molecule has 1 aliphatic rings. The highest BCUT2D eigenvalue weighted by Crippen LogP contribution is 2.31. The van der Waals surface area contributed by atoms with Crippen LogP contribution in [0.4, 0.5) is 0 Å². The molecular formula is C12H16O3S. The number of para-hydroxylation sites is 2. The van der Waals surface area contributed by atoms with Crippen molar-refractivity contribution in [2.45, 2.75) is 18.3 Å². The van der Waals surface area contributed by atoms with Crippen LogP contribution in [0.5, 0.6) is 11.5 Å². The molecule has 1 heterocycles. The number of aliphatic hydroxyl groups is 1. The molecule has 1 aromatic rings. The lowest BCUT2D eigenvalue weighted by Gasteiger charge is -2.26. The number of rotatable bonds is 4. The molecule has 3 nitrogen and oxygen atoms in total. The zero-order valence-corrected chi connectivity index (χ0v) is 10.1. The fourth-order valence-electron chi connectivity index (χ4n) is 1.47. The standard InChI is InChI=1S/C12H16O3S/c1-9(6-13)16-8-10-7-14-11-4-2-3-5-12(11)15-10/h2-5,9-10,13H,6-8H2,1H3. The topological polar surface area (TPSA) is 38.7 Å². The Labute approximate surface area is 99.8 Å². The first-order valence-corrected chi connectivity index (χ1v) is 6.45. The Balaban J connectivity index is 1.88. The van der Waals surface area contributed by atoms with E-state index in [1.807, 2.05) is 31.2 Å². The van der Waals surface area contributed by atoms with Gasteiger partial charge >= 0.3 is 0 Å². The SMILES string of the molecule is CC(CO)SCC1COc2ccccc2O1. The Bertz CT molecular complexity index is 343. The normalized spacial score (nSPS) is 20.5. The van der Waals surface area contributed by atoms with Crippen molar-refractivity contribution in [3.05, 3.63) is 24.3 Å². The van der Waals surface area contributed by atoms with E-state index in [2.05, 4.69) is 0 Å². The first kappa shape index (κ1) is 11.6. The van der Waals surface area contributed by atoms with Crippen LogP contribution in [-0.2, 0) is 0 Å². The minimum Gasteiger partial charge on any atom is -0.486 e. The van der Waals surface area contributed by atoms with Crippen LogP contribution in [0.1, 0.15) is 6.92 Å². The highest BCUT2D eigenvalue weighted by Gasteiger charge is 2.20. The second-order valence-electron chi connectivity index (χ2n) is 3.82. The summed E-state index contributed by atoms with van der Waals surface area (Å²) in [6, 6.07) is 7.70. The predicted octanol–water partition coefficient (Wildman–Crippen LogP) is 1.94. The molecule has 0 amide bonds. The molecule has 1 N–H and O–H groups in total. The Morgan fingerprint density at radius 2 is 2.19 bits per heavy atom. The van der Waals surface area contributed by atoms with Gasteiger partial charge in [-0.25, -0.2) is 0 Å². The van der Waals surface area contributed by atoms with Crippen molar-refractivity contribution >= 4 is 11.8 Å². The Morgan fingerprint density at radius 1 is 1.44 bits per heavy atom. The summed E-state index contributed by atoms with van der Waals surface area (Å²) in [6.45, 7) is 2.79. The number of thioether (sulfide) groups is 1. The molecule has 2 atom stereocenters. The number of ether oxygens (including phenoxy) is 2. The van der Waals surface area contributed by atoms with Crippen LogP contribution in [0.2, 0.25) is 0 Å². The summed E-state index contributed by atoms with van der Waals surface area (Å²) in [4.78, 5) is 0. The number of hydrogen-bond acceptors (Lipinski definition) is 4. The summed E-state index contributed by atoms with van der Waals surface area (Å²) in [7, 11) is 0. The summed E-state index contributed by atoms with van der Waals surface area (Å²) in [5.74, 6) is 2.48. The molecule has 0 saturated carbocycles. The quantitative estimate of drug-likeness (QED) is 0.873. The maximum atomic E-state index is 8.93. The van der Waals surface area contributed by atoms with E-state index in [9.17, 15) is 0 Å². The van der Waals surface area contributed by atoms with Gasteiger partial charge in [-0.05, 0) is 12.1 Å². The van der Waals surface area contributed by atoms with Crippen molar-refractivity contribution in [3.63, 3.8) is 0 Å². The van der Waals surface area contributed by atoms with Gasteiger partial charge in [0.15, 0.2) is 11.5 Å². The smallest absolute Gasteiger partial charge is 0.161 e. The van der Waals surface area contributed by atoms with Gasteiger partial charge in [0.05, 0.1) is 6.61 Å². The van der Waals surface area contributed by atoms with E-state index >= 15 is 0 Å². The molecule has 16 heavy (non-hydrogen) atoms. The van der Waals surface area contributed by atoms with Gasteiger partial charge in [0.25, 0.3) is 0 Å². The molecule has 2 rings (SSSR count). The third kappa shape index (κ3) is 2.83. The number of aliphatic hydroxyl groups excluding tert-OH is 1. The van der Waals surface area contributed by atoms with Crippen LogP contribution in [0.3, 0.4) is 0 Å². The molecule has 0 bridgehead atoms. The largest absolute Gasteiger partial charge is 0.486 e. The first-order chi connectivity index (χ1) is 7.79. The van der Waals surface area contributed by atoms with Crippen LogP contribution in [0, 0.1) is 0 Å². The van der Waals surface area contributed by atoms with E-state index in [1.165, 1.54) is 0 Å². The van der Waals surface area contributed by atoms with Crippen molar-refractivity contribution in [1.82, 2.24) is 0 Å². The summed E-state index contributed by atoms with van der Waals surface area (Å²) < 4.78 is 11.4. The maximum Gasteiger partial charge on any atom is 0.161 e. The lowest BCUT2D eigenvalue weighted by atomic mass is 10.3. The van der Waals surface area contributed by atoms with Crippen molar-refractivity contribution in [2.24, 2.45) is 0 Å². The van der Waals surface area contributed by atoms with E-state index in [-0.39, 0.29) is 18.0 Å². The van der Waals surface area contributed by atoms with E-state index in [0.29, 0.717) is 6.61 Å². The average Bonchev–Trinajstić information content (AvgIpc) is 2.35. The van der Waals surface area contributed by atoms with E-state index < -0.39 is 0 Å². The Morgan fingerprint density at radius 3 is 2.94 bits per heavy atom. The Kier molecular flexibility index (Phi) is 3.96. The summed E-state index contributed by atoms with van der Waals surface area (Å²) in [5, 5.41) is 9.18. The second kappa shape index (κ2) is 5.46. The van der Waals surface area contributed by atoms with Crippen LogP contribution in [-0.4, -0.2) is 35.4 Å². The zero-order chi connectivity index (χ0) is 11.4. The molecule has 0 saturated heterocycles. The zero-order valence-electron chi connectivity index (χ0n) is 9.26. The van der Waals surface area contributed by atoms with Gasteiger partial charge in [-0.1, -0.05) is 19.1 Å². The molecule has 4 heteroatoms. The van der Waals surface area contributed by atoms with Crippen molar-refractivity contribution in [1.29, 1.82) is 0 Å². The van der Waals surface area contributed by atoms with Crippen molar-refractivity contribution in [3.8, 4) is 11.5 Å². The molecule has 0 aromatic heterocycles. The molecule has 2 unspecified atom stereocenters. The van der Waals surface area contributed by atoms with Gasteiger partial charge in [0, 0.05) is 11.0 Å². The fourth-order valence-corrected chi connectivity index (χ4v) is 2.28. The highest BCUT2D eigenvalue weighted by molar-refractivity contribution is 7.99. The molecule has 1 aliphatic heterocycles. The van der Waals surface area contributed by atoms with Gasteiger partial charge < -0.3 is 14.6 Å². The summed E-state index contributed by atoms with van der Waals surface area (Å²) in [6.07, 6.45) is 0.0777. The predicted molar refractivity (Wildman–Crippen MR) is 65.4 cm³/mol. The van der Waals surface area contributed by atoms with Gasteiger partial charge in [0.2, 0.25) is 0 Å². The lowest BCUT2D eigenvalue weighted by Crippen LogP contribution is -2.31. The van der Waals surface area contributed by atoms with Crippen LogP contribution < -0.4 is 9.47 Å². The van der Waals surface area contributed by atoms with Gasteiger partial charge in [-0.15, -0.1) is 0 Å². The van der Waals surface area contributed by atoms with Gasteiger partial charge in [-0.3, -0.25) is 0 Å². The molecule has 0 radical (unpaired) electrons. The minimum atomic E-state index is 0.0777. The third-order valence-corrected chi connectivity index (χ3v) is 3.67. The van der Waals surface area contributed by atoms with Crippen LogP contribution in [0.25, 0.3) is 0 Å². The number of benzene rings is 1. The second-order valence-corrected chi connectivity index (χ2v) is 5.30. The van der Waals surface area contributed by atoms with Gasteiger partial charge in [-0.2, -0.15) is 11.8 Å². The first-order valence-electron chi connectivity index (χ1n) is 5.40. The van der Waals surface area contributed by atoms with Crippen molar-refractivity contribution in [2.75, 3.05) is 19.0 Å². The van der Waals surface area contributed by atoms with Gasteiger partial charge in [0.1, 0.15) is 12.7 Å². The maximum absolute atomic E-state index is 8.93.